The lowest BCUT2D eigenvalue weighted by Gasteiger charge is -2.35. The summed E-state index contributed by atoms with van der Waals surface area (Å²) in [5, 5.41) is 13.3. The molecule has 1 saturated carbocycles. The number of nitriles is 1. The summed E-state index contributed by atoms with van der Waals surface area (Å²) in [6.07, 6.45) is 2.19. The van der Waals surface area contributed by atoms with Crippen LogP contribution in [0.2, 0.25) is 5.02 Å². The summed E-state index contributed by atoms with van der Waals surface area (Å²) in [7, 11) is -3.64. The highest BCUT2D eigenvalue weighted by Gasteiger charge is 2.32. The molecule has 2 aromatic carbocycles. The van der Waals surface area contributed by atoms with Crippen LogP contribution in [0, 0.1) is 25.2 Å². The predicted molar refractivity (Wildman–Crippen MR) is 133 cm³/mol. The first-order chi connectivity index (χ1) is 16.3. The van der Waals surface area contributed by atoms with Gasteiger partial charge in [0.1, 0.15) is 0 Å². The second kappa shape index (κ2) is 8.69. The number of hydrogen-bond acceptors (Lipinski definition) is 7. The summed E-state index contributed by atoms with van der Waals surface area (Å²) in [5.41, 5.74) is 3.28. The van der Waals surface area contributed by atoms with Crippen LogP contribution >= 0.6 is 11.6 Å². The number of nitrogens with one attached hydrogen (secondary N) is 1. The zero-order valence-electron chi connectivity index (χ0n) is 19.0. The molecule has 176 valence electrons. The van der Waals surface area contributed by atoms with Gasteiger partial charge >= 0.3 is 0 Å². The molecule has 0 amide bonds. The number of fused-ring (bicyclic) bond motifs is 1. The van der Waals surface area contributed by atoms with Gasteiger partial charge in [0.2, 0.25) is 10.0 Å². The van der Waals surface area contributed by atoms with Gasteiger partial charge in [0.15, 0.2) is 11.6 Å². The topological polar surface area (TPSA) is 102 Å². The first-order valence-corrected chi connectivity index (χ1v) is 13.1. The molecule has 0 unspecified atom stereocenters. The molecule has 0 atom stereocenters. The third-order valence-electron chi connectivity index (χ3n) is 6.31. The Hall–Kier alpha value is -2.93. The Balaban J connectivity index is 1.42. The third kappa shape index (κ3) is 4.29. The average Bonchev–Trinajstić information content (AvgIpc) is 3.64. The Labute approximate surface area is 204 Å². The molecule has 0 spiro atoms. The molecule has 2 heterocycles. The molecular formula is C24H25ClN6O2S. The molecule has 1 aliphatic carbocycles. The van der Waals surface area contributed by atoms with E-state index in [2.05, 4.69) is 16.3 Å². The zero-order valence-corrected chi connectivity index (χ0v) is 20.6. The summed E-state index contributed by atoms with van der Waals surface area (Å²) in [5.74, 6) is 1.41. The number of sulfonamides is 1. The number of aromatic nitrogens is 2. The van der Waals surface area contributed by atoms with Crippen LogP contribution in [0.4, 0.5) is 11.6 Å². The van der Waals surface area contributed by atoms with E-state index in [0.29, 0.717) is 70.4 Å². The van der Waals surface area contributed by atoms with Gasteiger partial charge in [0, 0.05) is 37.2 Å². The van der Waals surface area contributed by atoms with Crippen molar-refractivity contribution in [2.24, 2.45) is 0 Å². The van der Waals surface area contributed by atoms with Crippen LogP contribution in [0.5, 0.6) is 0 Å². The second-order valence-corrected chi connectivity index (χ2v) is 11.2. The van der Waals surface area contributed by atoms with Gasteiger partial charge in [-0.2, -0.15) is 9.57 Å². The fourth-order valence-electron chi connectivity index (χ4n) is 4.16. The highest BCUT2D eigenvalue weighted by atomic mass is 35.5. The van der Waals surface area contributed by atoms with Gasteiger partial charge in [-0.1, -0.05) is 11.6 Å². The molecule has 1 N–H and O–H groups in total. The highest BCUT2D eigenvalue weighted by molar-refractivity contribution is 7.89. The molecule has 5 rings (SSSR count). The monoisotopic (exact) mass is 496 g/mol. The van der Waals surface area contributed by atoms with Crippen LogP contribution in [-0.2, 0) is 10.0 Å². The summed E-state index contributed by atoms with van der Waals surface area (Å²) >= 11 is 6.17. The lowest BCUT2D eigenvalue weighted by molar-refractivity contribution is 0.383. The van der Waals surface area contributed by atoms with E-state index in [0.717, 1.165) is 23.9 Å². The lowest BCUT2D eigenvalue weighted by atomic mass is 10.2. The minimum atomic E-state index is -3.64. The van der Waals surface area contributed by atoms with Crippen molar-refractivity contribution in [3.8, 4) is 6.07 Å². The van der Waals surface area contributed by atoms with E-state index in [1.165, 1.54) is 4.31 Å². The minimum absolute atomic E-state index is 0.300. The van der Waals surface area contributed by atoms with Crippen LogP contribution in [0.15, 0.2) is 35.2 Å². The first-order valence-electron chi connectivity index (χ1n) is 11.3. The summed E-state index contributed by atoms with van der Waals surface area (Å²) in [6, 6.07) is 11.2. The molecule has 3 aromatic rings. The van der Waals surface area contributed by atoms with Gasteiger partial charge in [-0.05, 0) is 68.1 Å². The van der Waals surface area contributed by atoms with E-state index >= 15 is 0 Å². The van der Waals surface area contributed by atoms with E-state index in [-0.39, 0.29) is 0 Å². The summed E-state index contributed by atoms with van der Waals surface area (Å²) < 4.78 is 28.3. The number of anilines is 2. The van der Waals surface area contributed by atoms with Crippen molar-refractivity contribution < 1.29 is 8.42 Å². The van der Waals surface area contributed by atoms with Gasteiger partial charge in [0.25, 0.3) is 0 Å². The highest BCUT2D eigenvalue weighted by Crippen LogP contribution is 2.32. The van der Waals surface area contributed by atoms with E-state index in [1.807, 2.05) is 13.0 Å². The van der Waals surface area contributed by atoms with Crippen LogP contribution in [0.25, 0.3) is 11.0 Å². The van der Waals surface area contributed by atoms with Crippen molar-refractivity contribution >= 4 is 44.3 Å². The quantitative estimate of drug-likeness (QED) is 0.572. The fourth-order valence-corrected chi connectivity index (χ4v) is 6.10. The Kier molecular flexibility index (Phi) is 5.84. The SMILES string of the molecule is Cc1cc(S(=O)(=O)N2CCN(c3nc4cc(C#N)ccc4nc3NC3CC3)CC2)c(C)cc1Cl. The normalized spacial score (nSPS) is 17.1. The molecule has 10 heteroatoms. The van der Waals surface area contributed by atoms with E-state index in [9.17, 15) is 13.7 Å². The molecule has 0 bridgehead atoms. The zero-order chi connectivity index (χ0) is 24.0. The number of nitrogens with zero attached hydrogens (tertiary/aromatic N) is 5. The predicted octanol–water partition coefficient (Wildman–Crippen LogP) is 3.86. The maximum absolute atomic E-state index is 13.4. The van der Waals surface area contributed by atoms with Crippen molar-refractivity contribution in [3.63, 3.8) is 0 Å². The van der Waals surface area contributed by atoms with Gasteiger partial charge in [-0.15, -0.1) is 0 Å². The number of piperazine rings is 1. The number of hydrogen-bond donors (Lipinski definition) is 1. The van der Waals surface area contributed by atoms with Gasteiger partial charge < -0.3 is 10.2 Å². The largest absolute Gasteiger partial charge is 0.364 e. The van der Waals surface area contributed by atoms with E-state index in [4.69, 9.17) is 21.6 Å². The maximum Gasteiger partial charge on any atom is 0.243 e. The minimum Gasteiger partial charge on any atom is -0.364 e. The number of halogens is 1. The Morgan fingerprint density at radius 2 is 1.76 bits per heavy atom. The molecule has 8 nitrogen and oxygen atoms in total. The fraction of sp³-hybridized carbons (Fsp3) is 0.375. The van der Waals surface area contributed by atoms with Crippen molar-refractivity contribution in [1.29, 1.82) is 5.26 Å². The average molecular weight is 497 g/mol. The van der Waals surface area contributed by atoms with E-state index in [1.54, 1.807) is 31.2 Å². The maximum atomic E-state index is 13.4. The van der Waals surface area contributed by atoms with Crippen molar-refractivity contribution in [2.45, 2.75) is 37.6 Å². The molecule has 2 aliphatic rings. The van der Waals surface area contributed by atoms with Crippen molar-refractivity contribution in [2.75, 3.05) is 36.4 Å². The summed E-state index contributed by atoms with van der Waals surface area (Å²) in [4.78, 5) is 12.0. The first kappa shape index (κ1) is 22.8. The molecule has 2 fully saturated rings. The van der Waals surface area contributed by atoms with Gasteiger partial charge in [-0.25, -0.2) is 18.4 Å². The van der Waals surface area contributed by atoms with Gasteiger partial charge in [-0.3, -0.25) is 0 Å². The van der Waals surface area contributed by atoms with Crippen molar-refractivity contribution in [1.82, 2.24) is 14.3 Å². The van der Waals surface area contributed by atoms with Crippen LogP contribution in [0.1, 0.15) is 29.5 Å². The molecular weight excluding hydrogens is 472 g/mol. The number of benzene rings is 2. The Morgan fingerprint density at radius 3 is 2.44 bits per heavy atom. The van der Waals surface area contributed by atoms with Crippen LogP contribution in [-0.4, -0.2) is 54.9 Å². The third-order valence-corrected chi connectivity index (χ3v) is 8.75. The molecule has 1 aromatic heterocycles. The van der Waals surface area contributed by atoms with E-state index < -0.39 is 10.0 Å². The Morgan fingerprint density at radius 1 is 1.03 bits per heavy atom. The lowest BCUT2D eigenvalue weighted by Crippen LogP contribution is -2.49. The number of aryl methyl sites for hydroxylation is 2. The number of rotatable bonds is 5. The smallest absolute Gasteiger partial charge is 0.243 e. The molecule has 1 aliphatic heterocycles. The van der Waals surface area contributed by atoms with Gasteiger partial charge in [0.05, 0.1) is 27.6 Å². The Bertz CT molecular complexity index is 1420. The molecule has 0 radical (unpaired) electrons. The second-order valence-electron chi connectivity index (χ2n) is 8.89. The van der Waals surface area contributed by atoms with Crippen molar-refractivity contribution in [3.05, 3.63) is 52.0 Å². The summed E-state index contributed by atoms with van der Waals surface area (Å²) in [6.45, 7) is 5.23. The van der Waals surface area contributed by atoms with Crippen LogP contribution < -0.4 is 10.2 Å². The standard InChI is InChI=1S/C24H25ClN6O2S/c1-15-12-22(16(2)11-19(15)25)34(32,33)31-9-7-30(8-10-31)24-23(27-18-4-5-18)28-20-6-3-17(14-26)13-21(20)29-24/h3,6,11-13,18H,4-5,7-10H2,1-2H3,(H,27,28). The molecule has 34 heavy (non-hydrogen) atoms. The van der Waals surface area contributed by atoms with Crippen LogP contribution in [0.3, 0.4) is 0 Å². The molecule has 1 saturated heterocycles.